The summed E-state index contributed by atoms with van der Waals surface area (Å²) in [5.74, 6) is 1.02. The Labute approximate surface area is 642 Å². The Morgan fingerprint density at radius 1 is 0.378 bits per heavy atom. The minimum absolute atomic E-state index is 0.251. The number of nitriles is 1. The third kappa shape index (κ3) is 11.9. The first-order chi connectivity index (χ1) is 53.1. The molecule has 6 N–H and O–H groups in total. The number of fused-ring (bicyclic) bond motifs is 12. The van der Waals surface area contributed by atoms with Crippen LogP contribution in [0.2, 0.25) is 0 Å². The second kappa shape index (κ2) is 26.4. The number of benzene rings is 8. The van der Waals surface area contributed by atoms with Crippen LogP contribution in [0.15, 0.2) is 184 Å². The first kappa shape index (κ1) is 71.5. The Morgan fingerprint density at radius 3 is 1.19 bits per heavy atom. The number of hydrogen-bond acceptors (Lipinski definition) is 23. The highest BCUT2D eigenvalue weighted by Crippen LogP contribution is 2.46. The number of Topliss-reactive ketones (excluding diaryl/α,β-unsaturated/α-hetero) is 4. The zero-order valence-electron chi connectivity index (χ0n) is 62.5. The van der Waals surface area contributed by atoms with Crippen molar-refractivity contribution in [3.8, 4) is 6.07 Å². The van der Waals surface area contributed by atoms with E-state index in [0.29, 0.717) is 132 Å². The van der Waals surface area contributed by atoms with Gasteiger partial charge in [-0.15, -0.1) is 11.3 Å². The van der Waals surface area contributed by atoms with E-state index in [1.165, 1.54) is 0 Å². The largest absolute Gasteiger partial charge is 0.384 e. The fraction of sp³-hybridized carbons (Fsp3) is 0.239. The van der Waals surface area contributed by atoms with Crippen LogP contribution in [0.3, 0.4) is 0 Å². The van der Waals surface area contributed by atoms with Crippen molar-refractivity contribution < 1.29 is 39.6 Å². The van der Waals surface area contributed by atoms with E-state index in [1.807, 2.05) is 234 Å². The summed E-state index contributed by atoms with van der Waals surface area (Å²) in [7, 11) is 0. The number of anilines is 5. The molecule has 0 aliphatic carbocycles. The lowest BCUT2D eigenvalue weighted by Gasteiger charge is -2.30. The Kier molecular flexibility index (Phi) is 17.0. The van der Waals surface area contributed by atoms with Gasteiger partial charge >= 0.3 is 0 Å². The number of aliphatic hydroxyl groups is 4. The van der Waals surface area contributed by atoms with E-state index in [0.717, 1.165) is 115 Å². The molecule has 4 aromatic heterocycles. The van der Waals surface area contributed by atoms with E-state index < -0.39 is 22.4 Å². The maximum absolute atomic E-state index is 13.1. The van der Waals surface area contributed by atoms with Crippen molar-refractivity contribution in [1.29, 1.82) is 5.26 Å². The van der Waals surface area contributed by atoms with Crippen LogP contribution in [0.5, 0.6) is 0 Å². The van der Waals surface area contributed by atoms with Gasteiger partial charge in [-0.2, -0.15) is 5.26 Å². The van der Waals surface area contributed by atoms with Gasteiger partial charge in [-0.1, -0.05) is 17.7 Å². The molecule has 8 aromatic carbocycles. The molecule has 4 saturated heterocycles. The number of ketones is 4. The number of carbonyl (C=O) groups is 4. The molecule has 0 spiro atoms. The van der Waals surface area contributed by atoms with Gasteiger partial charge in [-0.3, -0.25) is 24.2 Å². The van der Waals surface area contributed by atoms with Crippen molar-refractivity contribution >= 4 is 152 Å². The van der Waals surface area contributed by atoms with Crippen molar-refractivity contribution in [2.24, 2.45) is 20.0 Å². The Balaban J connectivity index is 0.000000108. The summed E-state index contributed by atoms with van der Waals surface area (Å²) in [5, 5.41) is 57.7. The van der Waals surface area contributed by atoms with Crippen molar-refractivity contribution in [3.63, 3.8) is 0 Å². The topological polar surface area (TPSA) is 313 Å². The molecule has 8 aliphatic heterocycles. The number of aromatic nitrogens is 4. The van der Waals surface area contributed by atoms with Crippen molar-refractivity contribution in [2.45, 2.75) is 110 Å². The molecule has 4 fully saturated rings. The molecule has 0 radical (unpaired) electrons. The Hall–Kier alpha value is -12.4. The number of amidine groups is 4. The second-order valence-corrected chi connectivity index (χ2v) is 31.2. The van der Waals surface area contributed by atoms with Crippen LogP contribution in [0.4, 0.5) is 51.3 Å². The smallest absolute Gasteiger partial charge is 0.204 e. The summed E-state index contributed by atoms with van der Waals surface area (Å²) in [6, 6.07) is 53.6. The lowest BCUT2D eigenvalue weighted by molar-refractivity contribution is 0.0600. The number of carbonyl (C=O) groups excluding carboxylic acids is 4. The minimum atomic E-state index is -1.60. The molecule has 0 amide bonds. The quantitative estimate of drug-likeness (QED) is 0.109. The van der Waals surface area contributed by atoms with Gasteiger partial charge in [0, 0.05) is 119 Å². The molecule has 23 heteroatoms. The number of pyridine rings is 3. The maximum atomic E-state index is 13.1. The highest BCUT2D eigenvalue weighted by molar-refractivity contribution is 7.18. The molecule has 0 unspecified atom stereocenters. The fourth-order valence-electron chi connectivity index (χ4n) is 16.1. The molecular weight excluding hydrogens is 1410 g/mol. The van der Waals surface area contributed by atoms with E-state index in [1.54, 1.807) is 29.5 Å². The fourth-order valence-corrected chi connectivity index (χ4v) is 16.9. The van der Waals surface area contributed by atoms with E-state index >= 15 is 0 Å². The van der Waals surface area contributed by atoms with Crippen LogP contribution < -0.4 is 25.3 Å². The number of aliphatic imine (C=N–C) groups is 4. The number of nitrogens with two attached hydrogens (primary N) is 1. The van der Waals surface area contributed by atoms with Crippen LogP contribution in [-0.2, 0) is 0 Å². The number of thiazole rings is 1. The predicted molar refractivity (Wildman–Crippen MR) is 436 cm³/mol. The molecule has 0 bridgehead atoms. The third-order valence-electron chi connectivity index (χ3n) is 22.7. The zero-order chi connectivity index (χ0) is 77.6. The van der Waals surface area contributed by atoms with Crippen molar-refractivity contribution in [2.75, 3.05) is 51.5 Å². The predicted octanol–water partition coefficient (Wildman–Crippen LogP) is 14.7. The summed E-state index contributed by atoms with van der Waals surface area (Å²) in [4.78, 5) is 96.7. The highest BCUT2D eigenvalue weighted by Gasteiger charge is 2.56. The van der Waals surface area contributed by atoms with Gasteiger partial charge in [-0.05, 0) is 247 Å². The van der Waals surface area contributed by atoms with Gasteiger partial charge in [0.05, 0.1) is 54.5 Å². The molecule has 12 heterocycles. The molecular formula is C88H76N14O8S. The van der Waals surface area contributed by atoms with Crippen LogP contribution in [-0.4, -0.2) is 135 Å². The lowest BCUT2D eigenvalue weighted by Crippen LogP contribution is -2.48. The van der Waals surface area contributed by atoms with Crippen LogP contribution >= 0.6 is 11.3 Å². The molecule has 552 valence electrons. The molecule has 8 aliphatic rings. The third-order valence-corrected chi connectivity index (χ3v) is 23.6. The van der Waals surface area contributed by atoms with Gasteiger partial charge < -0.3 is 45.8 Å². The summed E-state index contributed by atoms with van der Waals surface area (Å²) in [6.07, 6.45) is 1.28. The van der Waals surface area contributed by atoms with Crippen molar-refractivity contribution in [1.82, 2.24) is 19.9 Å². The van der Waals surface area contributed by atoms with Gasteiger partial charge in [0.1, 0.15) is 40.9 Å². The molecule has 22 nitrogen and oxygen atoms in total. The summed E-state index contributed by atoms with van der Waals surface area (Å²) in [5.41, 5.74) is 19.4. The SMILES string of the molecule is Cc1cc2c(cc1C)C(=O)[C@]1(O)CCN(c3ccc4nc(C#N)ccc4c3)C1=N2.Cc1ccc2c(c1)C(=O)[C@]1(O)CCN(c3ccc4nc(N)ccc4c3)C1=N2.Cc1ccc2cc(N3CC[C@@]4(O)C(=O)c5cc(C)c(C)cc5N=C34)ccc2n1.Cc1nc2cc(N3CC[C@@]4(O)C(=O)c5cc(C)c(C)cc5N=C34)ccc2s1. The summed E-state index contributed by atoms with van der Waals surface area (Å²) >= 11 is 1.66. The first-order valence-corrected chi connectivity index (χ1v) is 37.6. The molecule has 111 heavy (non-hydrogen) atoms. The number of rotatable bonds is 4. The molecule has 20 rings (SSSR count). The van der Waals surface area contributed by atoms with Gasteiger partial charge in [-0.25, -0.2) is 34.9 Å². The number of nitrogens with zero attached hydrogens (tertiary/aromatic N) is 13. The zero-order valence-corrected chi connectivity index (χ0v) is 63.3. The van der Waals surface area contributed by atoms with Crippen LogP contribution in [0.1, 0.15) is 122 Å². The first-order valence-electron chi connectivity index (χ1n) is 36.8. The molecule has 12 aromatic rings. The van der Waals surface area contributed by atoms with E-state index in [2.05, 4.69) is 24.9 Å². The van der Waals surface area contributed by atoms with Gasteiger partial charge in [0.15, 0.2) is 22.4 Å². The lowest BCUT2D eigenvalue weighted by atomic mass is 9.86. The normalized spacial score (nSPS) is 20.9. The number of hydrogen-bond donors (Lipinski definition) is 5. The van der Waals surface area contributed by atoms with Crippen LogP contribution in [0, 0.1) is 73.6 Å². The standard InChI is InChI=1S/C23H18N4O2.C23H21N3O2.C21H18N4O2.C21H19N3O2S/c1-13-9-18-20(10-14(13)2)26-22-23(29,21(18)28)7-8-27(22)17-5-6-19-15(11-17)3-4-16(12-24)25-19;1-13-10-18-20(11-14(13)2)25-22-23(28,21(18)27)8-9-26(22)17-6-7-19-16(12-17)5-4-15(3)24-19;1-12-2-5-17-15(10-12)19(26)21(27)8-9-25(20(21)24-17)14-4-6-16-13(11-14)3-7-18(22)23-16;1-11-8-15-16(9-12(11)2)23-20-21(26,19(15)25)6-7-24(20)14-4-5-18-17(10-14)22-13(3)27-18/h3-6,9-11,29H,7-8H2,1-2H3;4-7,10-12,28H,8-9H2,1-3H3;2-7,10-11,27H,8-9H2,1H3,(H2,22,23);4-5,8-10,26H,6-7H2,1-3H3/t2*23-;2*21-/m1111/s1. The minimum Gasteiger partial charge on any atom is -0.384 e. The Morgan fingerprint density at radius 2 is 0.748 bits per heavy atom. The van der Waals surface area contributed by atoms with E-state index in [4.69, 9.17) is 26.0 Å². The van der Waals surface area contributed by atoms with Gasteiger partial charge in [0.2, 0.25) is 23.1 Å². The van der Waals surface area contributed by atoms with E-state index in [9.17, 15) is 39.6 Å². The molecule has 4 atom stereocenters. The van der Waals surface area contributed by atoms with E-state index in [-0.39, 0.29) is 23.1 Å². The summed E-state index contributed by atoms with van der Waals surface area (Å²) < 4.78 is 1.13. The second-order valence-electron chi connectivity index (χ2n) is 30.0. The maximum Gasteiger partial charge on any atom is 0.204 e. The monoisotopic (exact) mass is 1490 g/mol. The number of nitrogen functional groups attached to an aromatic ring is 1. The van der Waals surface area contributed by atoms with Crippen LogP contribution in [0.25, 0.3) is 42.9 Å². The average Bonchev–Trinajstić information content (AvgIpc) is 1.61. The van der Waals surface area contributed by atoms with Gasteiger partial charge in [0.25, 0.3) is 0 Å². The highest BCUT2D eigenvalue weighted by atomic mass is 32.1. The summed E-state index contributed by atoms with van der Waals surface area (Å²) in [6.45, 7) is 19.9. The number of aryl methyl sites for hydroxylation is 9. The molecule has 0 saturated carbocycles. The Bertz CT molecular complexity index is 6320. The average molecular weight is 1490 g/mol. The van der Waals surface area contributed by atoms with Crippen molar-refractivity contribution in [3.05, 3.63) is 241 Å².